The lowest BCUT2D eigenvalue weighted by Gasteiger charge is -2.17. The Morgan fingerprint density at radius 3 is 2.71 bits per heavy atom. The number of hydrogen-bond acceptors (Lipinski definition) is 3. The van der Waals surface area contributed by atoms with Crippen LogP contribution in [0, 0.1) is 6.92 Å². The number of aliphatic imine (C=N–C) groups is 1. The van der Waals surface area contributed by atoms with Gasteiger partial charge in [0.15, 0.2) is 5.96 Å². The lowest BCUT2D eigenvalue weighted by atomic mass is 10.2. The van der Waals surface area contributed by atoms with Crippen molar-refractivity contribution in [1.29, 1.82) is 0 Å². The highest BCUT2D eigenvalue weighted by Crippen LogP contribution is 2.16. The van der Waals surface area contributed by atoms with Crippen molar-refractivity contribution in [2.45, 2.75) is 40.2 Å². The van der Waals surface area contributed by atoms with Crippen LogP contribution >= 0.6 is 11.3 Å². The molecular weight excluding hydrogens is 284 g/mol. The van der Waals surface area contributed by atoms with Gasteiger partial charge in [-0.3, -0.25) is 9.79 Å². The minimum Gasteiger partial charge on any atom is -0.357 e. The van der Waals surface area contributed by atoms with Crippen molar-refractivity contribution in [3.8, 4) is 0 Å². The standard InChI is InChI=1S/C15H26N4OS/c1-5-16-15(18-9-8-17-13(4)20)19-11(2)10-14-7-6-12(3)21-14/h6-7,11H,5,8-10H2,1-4H3,(H,17,20)(H2,16,18,19). The van der Waals surface area contributed by atoms with E-state index in [1.807, 2.05) is 18.3 Å². The minimum absolute atomic E-state index is 0.0235. The van der Waals surface area contributed by atoms with Crippen molar-refractivity contribution < 1.29 is 4.79 Å². The van der Waals surface area contributed by atoms with E-state index < -0.39 is 0 Å². The van der Waals surface area contributed by atoms with Gasteiger partial charge in [-0.1, -0.05) is 0 Å². The highest BCUT2D eigenvalue weighted by molar-refractivity contribution is 7.11. The summed E-state index contributed by atoms with van der Waals surface area (Å²) in [6.45, 7) is 9.77. The summed E-state index contributed by atoms with van der Waals surface area (Å²) in [5, 5.41) is 9.36. The molecule has 118 valence electrons. The average molecular weight is 310 g/mol. The monoisotopic (exact) mass is 310 g/mol. The van der Waals surface area contributed by atoms with E-state index in [-0.39, 0.29) is 5.91 Å². The summed E-state index contributed by atoms with van der Waals surface area (Å²) in [6.07, 6.45) is 0.981. The molecule has 0 bridgehead atoms. The molecular formula is C15H26N4OS. The molecule has 0 spiro atoms. The number of nitrogens with one attached hydrogen (secondary N) is 3. The van der Waals surface area contributed by atoms with Crippen LogP contribution in [0.25, 0.3) is 0 Å². The number of hydrogen-bond donors (Lipinski definition) is 3. The van der Waals surface area contributed by atoms with Gasteiger partial charge < -0.3 is 16.0 Å². The summed E-state index contributed by atoms with van der Waals surface area (Å²) < 4.78 is 0. The Hall–Kier alpha value is -1.56. The maximum Gasteiger partial charge on any atom is 0.216 e. The van der Waals surface area contributed by atoms with Crippen LogP contribution < -0.4 is 16.0 Å². The van der Waals surface area contributed by atoms with Crippen molar-refractivity contribution >= 4 is 23.2 Å². The molecule has 1 amide bonds. The smallest absolute Gasteiger partial charge is 0.216 e. The zero-order valence-electron chi connectivity index (χ0n) is 13.3. The van der Waals surface area contributed by atoms with E-state index >= 15 is 0 Å². The largest absolute Gasteiger partial charge is 0.357 e. The molecule has 0 saturated carbocycles. The molecule has 1 aromatic rings. The van der Waals surface area contributed by atoms with Crippen LogP contribution in [0.4, 0.5) is 0 Å². The van der Waals surface area contributed by atoms with Gasteiger partial charge in [-0.05, 0) is 32.9 Å². The van der Waals surface area contributed by atoms with Gasteiger partial charge in [0.1, 0.15) is 0 Å². The number of rotatable bonds is 7. The van der Waals surface area contributed by atoms with E-state index in [1.165, 1.54) is 16.7 Å². The second-order valence-electron chi connectivity index (χ2n) is 5.01. The van der Waals surface area contributed by atoms with Crippen molar-refractivity contribution in [3.63, 3.8) is 0 Å². The predicted octanol–water partition coefficient (Wildman–Crippen LogP) is 1.68. The van der Waals surface area contributed by atoms with Crippen LogP contribution in [0.5, 0.6) is 0 Å². The predicted molar refractivity (Wildman–Crippen MR) is 90.0 cm³/mol. The van der Waals surface area contributed by atoms with Gasteiger partial charge in [-0.2, -0.15) is 0 Å². The van der Waals surface area contributed by atoms with E-state index in [1.54, 1.807) is 0 Å². The Morgan fingerprint density at radius 2 is 2.14 bits per heavy atom. The Labute approximate surface area is 131 Å². The third-order valence-electron chi connectivity index (χ3n) is 2.79. The molecule has 1 heterocycles. The summed E-state index contributed by atoms with van der Waals surface area (Å²) >= 11 is 1.83. The third-order valence-corrected chi connectivity index (χ3v) is 3.81. The van der Waals surface area contributed by atoms with Crippen molar-refractivity contribution in [2.24, 2.45) is 4.99 Å². The summed E-state index contributed by atoms with van der Waals surface area (Å²) in [6, 6.07) is 4.64. The Bertz CT molecular complexity index is 470. The minimum atomic E-state index is -0.0235. The van der Waals surface area contributed by atoms with E-state index in [4.69, 9.17) is 0 Å². The van der Waals surface area contributed by atoms with Gasteiger partial charge in [0.25, 0.3) is 0 Å². The number of nitrogens with zero attached hydrogens (tertiary/aromatic N) is 1. The van der Waals surface area contributed by atoms with Crippen LogP contribution in [0.3, 0.4) is 0 Å². The van der Waals surface area contributed by atoms with Gasteiger partial charge in [0.2, 0.25) is 5.91 Å². The SMILES string of the molecule is CCNC(=NCCNC(C)=O)NC(C)Cc1ccc(C)s1. The molecule has 0 aromatic carbocycles. The fraction of sp³-hybridized carbons (Fsp3) is 0.600. The van der Waals surface area contributed by atoms with Gasteiger partial charge >= 0.3 is 0 Å². The summed E-state index contributed by atoms with van der Waals surface area (Å²) in [4.78, 5) is 18.0. The van der Waals surface area contributed by atoms with Crippen LogP contribution in [-0.4, -0.2) is 37.5 Å². The highest BCUT2D eigenvalue weighted by atomic mass is 32.1. The zero-order valence-corrected chi connectivity index (χ0v) is 14.1. The van der Waals surface area contributed by atoms with Crippen molar-refractivity contribution in [1.82, 2.24) is 16.0 Å². The second-order valence-corrected chi connectivity index (χ2v) is 6.38. The number of amides is 1. The van der Waals surface area contributed by atoms with Crippen LogP contribution in [0.15, 0.2) is 17.1 Å². The maximum absolute atomic E-state index is 10.8. The number of thiophene rings is 1. The van der Waals surface area contributed by atoms with E-state index in [2.05, 4.69) is 46.9 Å². The van der Waals surface area contributed by atoms with Crippen LogP contribution in [-0.2, 0) is 11.2 Å². The lowest BCUT2D eigenvalue weighted by molar-refractivity contribution is -0.118. The van der Waals surface area contributed by atoms with Gasteiger partial charge in [0, 0.05) is 42.2 Å². The summed E-state index contributed by atoms with van der Waals surface area (Å²) in [5.74, 6) is 0.772. The van der Waals surface area contributed by atoms with E-state index in [9.17, 15) is 4.79 Å². The molecule has 0 aliphatic carbocycles. The lowest BCUT2D eigenvalue weighted by Crippen LogP contribution is -2.43. The normalized spacial score (nSPS) is 12.9. The molecule has 0 radical (unpaired) electrons. The molecule has 1 atom stereocenters. The Morgan fingerprint density at radius 1 is 1.38 bits per heavy atom. The first kappa shape index (κ1) is 17.5. The molecule has 6 heteroatoms. The molecule has 3 N–H and O–H groups in total. The average Bonchev–Trinajstić information content (AvgIpc) is 2.79. The fourth-order valence-corrected chi connectivity index (χ4v) is 2.92. The summed E-state index contributed by atoms with van der Waals surface area (Å²) in [7, 11) is 0. The van der Waals surface area contributed by atoms with Crippen LogP contribution in [0.1, 0.15) is 30.5 Å². The molecule has 0 fully saturated rings. The molecule has 1 unspecified atom stereocenters. The summed E-state index contributed by atoms with van der Waals surface area (Å²) in [5.41, 5.74) is 0. The highest BCUT2D eigenvalue weighted by Gasteiger charge is 2.07. The molecule has 1 aromatic heterocycles. The van der Waals surface area contributed by atoms with E-state index in [0.717, 1.165) is 18.9 Å². The van der Waals surface area contributed by atoms with E-state index in [0.29, 0.717) is 19.1 Å². The molecule has 0 saturated heterocycles. The number of carbonyl (C=O) groups excluding carboxylic acids is 1. The Balaban J connectivity index is 2.44. The van der Waals surface area contributed by atoms with Gasteiger partial charge in [-0.25, -0.2) is 0 Å². The first-order chi connectivity index (χ1) is 10.0. The Kier molecular flexibility index (Phi) is 7.82. The maximum atomic E-state index is 10.8. The number of guanidine groups is 1. The molecule has 1 rings (SSSR count). The molecule has 21 heavy (non-hydrogen) atoms. The second kappa shape index (κ2) is 9.39. The van der Waals surface area contributed by atoms with Gasteiger partial charge in [-0.15, -0.1) is 11.3 Å². The van der Waals surface area contributed by atoms with Crippen molar-refractivity contribution in [2.75, 3.05) is 19.6 Å². The topological polar surface area (TPSA) is 65.5 Å². The van der Waals surface area contributed by atoms with Crippen LogP contribution in [0.2, 0.25) is 0 Å². The zero-order chi connectivity index (χ0) is 15.7. The van der Waals surface area contributed by atoms with Gasteiger partial charge in [0.05, 0.1) is 6.54 Å². The van der Waals surface area contributed by atoms with Crippen molar-refractivity contribution in [3.05, 3.63) is 21.9 Å². The number of carbonyl (C=O) groups is 1. The molecule has 0 aliphatic heterocycles. The quantitative estimate of drug-likeness (QED) is 0.408. The molecule has 5 nitrogen and oxygen atoms in total. The fourth-order valence-electron chi connectivity index (χ4n) is 1.90. The third kappa shape index (κ3) is 7.70. The first-order valence-electron chi connectivity index (χ1n) is 7.35. The first-order valence-corrected chi connectivity index (χ1v) is 8.17. The number of aryl methyl sites for hydroxylation is 1. The molecule has 0 aliphatic rings.